The number of hydrogen-bond donors (Lipinski definition) is 2. The van der Waals surface area contributed by atoms with Gasteiger partial charge in [0.2, 0.25) is 10.0 Å². The molecule has 1 fully saturated rings. The maximum Gasteiger partial charge on any atom is 0.420 e. The minimum Gasteiger partial charge on any atom is -0.448 e. The molecule has 0 bridgehead atoms. The molecule has 9 heteroatoms. The fraction of sp³-hybridized carbons (Fsp3) is 0.889. The van der Waals surface area contributed by atoms with E-state index in [4.69, 9.17) is 0 Å². The molecule has 2 unspecified atom stereocenters. The molecule has 2 N–H and O–H groups in total. The molecule has 1 amide bonds. The number of amides is 1. The summed E-state index contributed by atoms with van der Waals surface area (Å²) in [5.74, 6) is -3.40. The summed E-state index contributed by atoms with van der Waals surface area (Å²) in [5.41, 5.74) is 0. The van der Waals surface area contributed by atoms with E-state index in [2.05, 4.69) is 10.1 Å². The van der Waals surface area contributed by atoms with Gasteiger partial charge in [-0.1, -0.05) is 0 Å². The zero-order chi connectivity index (χ0) is 14.0. The van der Waals surface area contributed by atoms with Crippen LogP contribution in [-0.2, 0) is 14.8 Å². The van der Waals surface area contributed by atoms with E-state index in [9.17, 15) is 22.0 Å². The first kappa shape index (κ1) is 15.1. The molecule has 0 aromatic heterocycles. The average Bonchev–Trinajstić information content (AvgIpc) is 2.17. The fourth-order valence-corrected chi connectivity index (χ4v) is 2.04. The Morgan fingerprint density at radius 1 is 1.56 bits per heavy atom. The molecule has 18 heavy (non-hydrogen) atoms. The summed E-state index contributed by atoms with van der Waals surface area (Å²) in [6, 6.07) is -0.226. The second-order valence-corrected chi connectivity index (χ2v) is 6.21. The Balaban J connectivity index is 2.45. The maximum atomic E-state index is 13.1. The fourth-order valence-electron chi connectivity index (χ4n) is 1.68. The third-order valence-electron chi connectivity index (χ3n) is 2.65. The smallest absolute Gasteiger partial charge is 0.420 e. The Morgan fingerprint density at radius 2 is 2.17 bits per heavy atom. The first-order valence-electron chi connectivity index (χ1n) is 5.35. The Kier molecular flexibility index (Phi) is 4.49. The van der Waals surface area contributed by atoms with Gasteiger partial charge >= 0.3 is 6.09 Å². The molecule has 0 spiro atoms. The standard InChI is InChI=1S/C9H16F2N2O4S/c1-6-7(3-9(10,11)5-12-6)4-17-8(14)13-18(2,15)16/h6-7,12H,3-5H2,1-2H3,(H,13,14). The van der Waals surface area contributed by atoms with Gasteiger partial charge < -0.3 is 10.1 Å². The number of sulfonamides is 1. The highest BCUT2D eigenvalue weighted by Gasteiger charge is 2.40. The number of carbonyl (C=O) groups is 1. The van der Waals surface area contributed by atoms with E-state index in [0.717, 1.165) is 6.26 Å². The molecule has 1 rings (SSSR count). The molecule has 0 saturated carbocycles. The SMILES string of the molecule is CC1NCC(F)(F)CC1COC(=O)NS(C)(=O)=O. The van der Waals surface area contributed by atoms with Crippen molar-refractivity contribution in [1.82, 2.24) is 10.0 Å². The van der Waals surface area contributed by atoms with Crippen LogP contribution in [0, 0.1) is 5.92 Å². The van der Waals surface area contributed by atoms with Crippen LogP contribution in [-0.4, -0.2) is 45.9 Å². The normalized spacial score (nSPS) is 27.6. The molecule has 1 heterocycles. The first-order valence-corrected chi connectivity index (χ1v) is 7.24. The minimum atomic E-state index is -3.70. The largest absolute Gasteiger partial charge is 0.448 e. The van der Waals surface area contributed by atoms with Gasteiger partial charge in [0.15, 0.2) is 0 Å². The van der Waals surface area contributed by atoms with Gasteiger partial charge in [-0.2, -0.15) is 0 Å². The summed E-state index contributed by atoms with van der Waals surface area (Å²) < 4.78 is 53.9. The van der Waals surface area contributed by atoms with Crippen LogP contribution in [0.1, 0.15) is 13.3 Å². The Morgan fingerprint density at radius 3 is 2.72 bits per heavy atom. The highest BCUT2D eigenvalue weighted by molar-refractivity contribution is 7.89. The van der Waals surface area contributed by atoms with Crippen molar-refractivity contribution in [3.63, 3.8) is 0 Å². The van der Waals surface area contributed by atoms with Gasteiger partial charge in [-0.15, -0.1) is 0 Å². The van der Waals surface area contributed by atoms with Crippen molar-refractivity contribution in [2.24, 2.45) is 5.92 Å². The molecular weight excluding hydrogens is 270 g/mol. The number of alkyl halides is 2. The maximum absolute atomic E-state index is 13.1. The molecule has 0 aromatic carbocycles. The van der Waals surface area contributed by atoms with Gasteiger partial charge in [0.1, 0.15) is 0 Å². The zero-order valence-corrected chi connectivity index (χ0v) is 10.9. The van der Waals surface area contributed by atoms with E-state index < -0.39 is 40.9 Å². The van der Waals surface area contributed by atoms with Crippen molar-refractivity contribution in [3.8, 4) is 0 Å². The quantitative estimate of drug-likeness (QED) is 0.780. The van der Waals surface area contributed by atoms with E-state index in [0.29, 0.717) is 0 Å². The number of ether oxygens (including phenoxy) is 1. The van der Waals surface area contributed by atoms with Crippen molar-refractivity contribution in [2.75, 3.05) is 19.4 Å². The molecule has 106 valence electrons. The second-order valence-electron chi connectivity index (χ2n) is 4.46. The predicted octanol–water partition coefficient (Wildman–Crippen LogP) is 0.305. The van der Waals surface area contributed by atoms with Gasteiger partial charge in [0, 0.05) is 18.4 Å². The molecule has 0 aliphatic carbocycles. The summed E-state index contributed by atoms with van der Waals surface area (Å²) in [7, 11) is -3.70. The van der Waals surface area contributed by atoms with E-state index in [-0.39, 0.29) is 12.6 Å². The molecule has 0 aromatic rings. The Hall–Kier alpha value is -0.960. The van der Waals surface area contributed by atoms with Crippen molar-refractivity contribution in [1.29, 1.82) is 0 Å². The molecule has 2 atom stereocenters. The molecule has 1 saturated heterocycles. The van der Waals surface area contributed by atoms with Gasteiger partial charge in [-0.25, -0.2) is 26.7 Å². The summed E-state index contributed by atoms with van der Waals surface area (Å²) in [5, 5.41) is 2.61. The van der Waals surface area contributed by atoms with Crippen LogP contribution < -0.4 is 10.0 Å². The highest BCUT2D eigenvalue weighted by Crippen LogP contribution is 2.29. The lowest BCUT2D eigenvalue weighted by molar-refractivity contribution is -0.0600. The van der Waals surface area contributed by atoms with E-state index in [1.165, 1.54) is 0 Å². The van der Waals surface area contributed by atoms with Crippen LogP contribution in [0.5, 0.6) is 0 Å². The van der Waals surface area contributed by atoms with Crippen molar-refractivity contribution in [3.05, 3.63) is 0 Å². The lowest BCUT2D eigenvalue weighted by Crippen LogP contribution is -2.51. The third-order valence-corrected chi connectivity index (χ3v) is 3.19. The van der Waals surface area contributed by atoms with Gasteiger partial charge in [-0.05, 0) is 6.92 Å². The zero-order valence-electron chi connectivity index (χ0n) is 10.1. The lowest BCUT2D eigenvalue weighted by atomic mass is 9.90. The minimum absolute atomic E-state index is 0.226. The van der Waals surface area contributed by atoms with E-state index >= 15 is 0 Å². The average molecular weight is 286 g/mol. The monoisotopic (exact) mass is 286 g/mol. The number of carbonyl (C=O) groups excluding carboxylic acids is 1. The van der Waals surface area contributed by atoms with Crippen LogP contribution in [0.2, 0.25) is 0 Å². The molecule has 6 nitrogen and oxygen atoms in total. The van der Waals surface area contributed by atoms with E-state index in [1.807, 2.05) is 0 Å². The van der Waals surface area contributed by atoms with Gasteiger partial charge in [-0.3, -0.25) is 0 Å². The van der Waals surface area contributed by atoms with Crippen LogP contribution in [0.25, 0.3) is 0 Å². The predicted molar refractivity (Wildman–Crippen MR) is 59.8 cm³/mol. The molecular formula is C9H16F2N2O4S. The van der Waals surface area contributed by atoms with Crippen LogP contribution in [0.3, 0.4) is 0 Å². The Bertz CT molecular complexity index is 413. The van der Waals surface area contributed by atoms with Crippen molar-refractivity contribution >= 4 is 16.1 Å². The summed E-state index contributed by atoms with van der Waals surface area (Å²) >= 11 is 0. The molecule has 1 aliphatic rings. The summed E-state index contributed by atoms with van der Waals surface area (Å²) in [6.45, 7) is 1.04. The van der Waals surface area contributed by atoms with Crippen LogP contribution >= 0.6 is 0 Å². The molecule has 0 radical (unpaired) electrons. The number of nitrogens with one attached hydrogen (secondary N) is 2. The number of hydrogen-bond acceptors (Lipinski definition) is 5. The second kappa shape index (κ2) is 5.35. The Labute approximate surface area is 104 Å². The molecule has 1 aliphatic heterocycles. The highest BCUT2D eigenvalue weighted by atomic mass is 32.2. The number of halogens is 2. The number of rotatable bonds is 3. The summed E-state index contributed by atoms with van der Waals surface area (Å²) in [4.78, 5) is 11.0. The number of piperidine rings is 1. The topological polar surface area (TPSA) is 84.5 Å². The van der Waals surface area contributed by atoms with Crippen molar-refractivity contribution in [2.45, 2.75) is 25.3 Å². The summed E-state index contributed by atoms with van der Waals surface area (Å²) in [6.07, 6.45) is -0.751. The lowest BCUT2D eigenvalue weighted by Gasteiger charge is -2.34. The van der Waals surface area contributed by atoms with Crippen LogP contribution in [0.15, 0.2) is 0 Å². The van der Waals surface area contributed by atoms with Crippen LogP contribution in [0.4, 0.5) is 13.6 Å². The van der Waals surface area contributed by atoms with Crippen molar-refractivity contribution < 1.29 is 26.7 Å². The van der Waals surface area contributed by atoms with E-state index in [1.54, 1.807) is 11.6 Å². The third kappa shape index (κ3) is 5.13. The first-order chi connectivity index (χ1) is 8.09. The van der Waals surface area contributed by atoms with Gasteiger partial charge in [0.25, 0.3) is 5.92 Å². The van der Waals surface area contributed by atoms with Gasteiger partial charge in [0.05, 0.1) is 19.4 Å².